The second-order valence-corrected chi connectivity index (χ2v) is 6.33. The first-order valence-corrected chi connectivity index (χ1v) is 6.58. The summed E-state index contributed by atoms with van der Waals surface area (Å²) in [4.78, 5) is 15.5. The molecule has 0 aromatic heterocycles. The molecule has 2 rings (SSSR count). The molecular weight excluding hydrogens is 252 g/mol. The average molecular weight is 270 g/mol. The molecule has 2 aliphatic rings. The lowest BCUT2D eigenvalue weighted by atomic mass is 9.74. The van der Waals surface area contributed by atoms with Crippen LogP contribution in [0.3, 0.4) is 0 Å². The Morgan fingerprint density at radius 1 is 1.59 bits per heavy atom. The van der Waals surface area contributed by atoms with Gasteiger partial charge in [0.15, 0.2) is 5.11 Å². The average Bonchev–Trinajstić information content (AvgIpc) is 2.63. The monoisotopic (exact) mass is 270 g/mol. The molecule has 2 atom stereocenters. The highest BCUT2D eigenvalue weighted by Gasteiger charge is 2.63. The van der Waals surface area contributed by atoms with Gasteiger partial charge in [-0.15, -0.1) is 19.2 Å². The summed E-state index contributed by atoms with van der Waals surface area (Å²) in [5.74, 6) is 0.207. The minimum Gasteiger partial charge on any atom is -0.333 e. The molecule has 0 unspecified atom stereocenters. The van der Waals surface area contributed by atoms with E-state index in [1.54, 1.807) is 11.9 Å². The summed E-state index contributed by atoms with van der Waals surface area (Å²) in [7, 11) is 1.74. The van der Waals surface area contributed by atoms with Gasteiger partial charge >= 0.3 is 0 Å². The van der Waals surface area contributed by atoms with E-state index in [-0.39, 0.29) is 11.8 Å². The Kier molecular flexibility index (Phi) is 2.82. The summed E-state index contributed by atoms with van der Waals surface area (Å²) < 4.78 is 0. The third-order valence-electron chi connectivity index (χ3n) is 4.15. The van der Waals surface area contributed by atoms with E-state index in [1.807, 2.05) is 19.9 Å². The second kappa shape index (κ2) is 3.72. The number of thiocarbonyl (C=S) groups is 1. The van der Waals surface area contributed by atoms with Gasteiger partial charge in [-0.05, 0) is 32.5 Å². The maximum Gasteiger partial charge on any atom is 0.237 e. The van der Waals surface area contributed by atoms with Crippen LogP contribution in [-0.2, 0) is 4.79 Å². The van der Waals surface area contributed by atoms with Crippen LogP contribution in [0.15, 0.2) is 12.7 Å². The minimum atomic E-state index is -0.581. The molecule has 17 heavy (non-hydrogen) atoms. The maximum atomic E-state index is 12.4. The third kappa shape index (κ3) is 1.35. The van der Waals surface area contributed by atoms with E-state index in [0.29, 0.717) is 5.11 Å². The van der Waals surface area contributed by atoms with Gasteiger partial charge in [0.2, 0.25) is 5.91 Å². The lowest BCUT2D eigenvalue weighted by Crippen LogP contribution is -2.68. The number of rotatable bonds is 1. The van der Waals surface area contributed by atoms with Crippen molar-refractivity contribution in [2.75, 3.05) is 13.6 Å². The molecule has 0 spiro atoms. The number of nitrogens with zero attached hydrogens (tertiary/aromatic N) is 2. The molecule has 2 fully saturated rings. The number of hydrogen-bond acceptors (Lipinski definition) is 3. The van der Waals surface area contributed by atoms with E-state index < -0.39 is 10.3 Å². The van der Waals surface area contributed by atoms with Gasteiger partial charge < -0.3 is 4.90 Å². The molecule has 0 aliphatic carbocycles. The lowest BCUT2D eigenvalue weighted by molar-refractivity contribution is -0.143. The minimum absolute atomic E-state index is 0.0301. The van der Waals surface area contributed by atoms with Crippen LogP contribution >= 0.6 is 24.8 Å². The summed E-state index contributed by atoms with van der Waals surface area (Å²) in [5, 5.41) is 0.577. The summed E-state index contributed by atoms with van der Waals surface area (Å²) in [6, 6.07) is 0. The van der Waals surface area contributed by atoms with Crippen molar-refractivity contribution in [3.05, 3.63) is 12.7 Å². The fraction of sp³-hybridized carbons (Fsp3) is 0.667. The molecule has 0 saturated carbocycles. The summed E-state index contributed by atoms with van der Waals surface area (Å²) >= 11 is 10.2. The van der Waals surface area contributed by atoms with E-state index in [0.717, 1.165) is 13.0 Å². The Bertz CT molecular complexity index is 407. The number of amides is 1. The SMILES string of the molecule is C=C[C@H]1CCN2C(=S)N(C)C(=O)C(C)(C)[C@]12S. The molecule has 0 aromatic rings. The second-order valence-electron chi connectivity index (χ2n) is 5.28. The van der Waals surface area contributed by atoms with Crippen LogP contribution in [0.1, 0.15) is 20.3 Å². The Morgan fingerprint density at radius 2 is 2.18 bits per heavy atom. The molecular formula is C12H18N2OS2. The highest BCUT2D eigenvalue weighted by atomic mass is 32.1. The number of fused-ring (bicyclic) bond motifs is 1. The van der Waals surface area contributed by atoms with Crippen LogP contribution in [0.2, 0.25) is 0 Å². The normalized spacial score (nSPS) is 36.1. The largest absolute Gasteiger partial charge is 0.333 e. The van der Waals surface area contributed by atoms with Crippen LogP contribution < -0.4 is 0 Å². The van der Waals surface area contributed by atoms with Crippen LogP contribution in [0, 0.1) is 11.3 Å². The third-order valence-corrected chi connectivity index (χ3v) is 5.78. The first-order chi connectivity index (χ1) is 7.78. The van der Waals surface area contributed by atoms with Gasteiger partial charge in [0.1, 0.15) is 4.87 Å². The van der Waals surface area contributed by atoms with Crippen molar-refractivity contribution in [2.24, 2.45) is 11.3 Å². The van der Waals surface area contributed by atoms with Gasteiger partial charge in [-0.3, -0.25) is 9.69 Å². The fourth-order valence-corrected chi connectivity index (χ4v) is 3.92. The molecule has 5 heteroatoms. The van der Waals surface area contributed by atoms with Crippen molar-refractivity contribution in [1.82, 2.24) is 9.80 Å². The van der Waals surface area contributed by atoms with Gasteiger partial charge in [0.05, 0.1) is 5.41 Å². The topological polar surface area (TPSA) is 23.6 Å². The maximum absolute atomic E-state index is 12.4. The molecule has 2 saturated heterocycles. The van der Waals surface area contributed by atoms with E-state index in [9.17, 15) is 4.79 Å². The highest BCUT2D eigenvalue weighted by Crippen LogP contribution is 2.54. The van der Waals surface area contributed by atoms with E-state index >= 15 is 0 Å². The molecule has 3 nitrogen and oxygen atoms in total. The molecule has 0 aromatic carbocycles. The zero-order chi connectivity index (χ0) is 13.0. The van der Waals surface area contributed by atoms with Gasteiger partial charge in [0.25, 0.3) is 0 Å². The fourth-order valence-electron chi connectivity index (χ4n) is 3.01. The lowest BCUT2D eigenvalue weighted by Gasteiger charge is -2.54. The molecule has 2 aliphatic heterocycles. The standard InChI is InChI=1S/C12H18N2OS2/c1-5-8-6-7-14-10(16)13(4)9(15)11(2,3)12(8,14)17/h5,8,17H,1,6-7H2,2-4H3/t8-,12+/m0/s1. The number of thiol groups is 1. The predicted molar refractivity (Wildman–Crippen MR) is 75.9 cm³/mol. The Labute approximate surface area is 113 Å². The van der Waals surface area contributed by atoms with Crippen LogP contribution in [0.5, 0.6) is 0 Å². The van der Waals surface area contributed by atoms with Crippen LogP contribution in [0.4, 0.5) is 0 Å². The number of carbonyl (C=O) groups excluding carboxylic acids is 1. The summed E-state index contributed by atoms with van der Waals surface area (Å²) in [6.45, 7) is 8.58. The van der Waals surface area contributed by atoms with Crippen molar-refractivity contribution in [3.63, 3.8) is 0 Å². The molecule has 2 heterocycles. The summed E-state index contributed by atoms with van der Waals surface area (Å²) in [5.41, 5.74) is -0.581. The van der Waals surface area contributed by atoms with Gasteiger partial charge in [0, 0.05) is 19.5 Å². The van der Waals surface area contributed by atoms with Crippen LogP contribution in [0.25, 0.3) is 0 Å². The highest BCUT2D eigenvalue weighted by molar-refractivity contribution is 7.82. The Morgan fingerprint density at radius 3 is 2.71 bits per heavy atom. The smallest absolute Gasteiger partial charge is 0.237 e. The molecule has 0 N–H and O–H groups in total. The zero-order valence-electron chi connectivity index (χ0n) is 10.4. The Balaban J connectivity index is 2.57. The van der Waals surface area contributed by atoms with Gasteiger partial charge in [-0.2, -0.15) is 0 Å². The first-order valence-electron chi connectivity index (χ1n) is 5.73. The van der Waals surface area contributed by atoms with E-state index in [1.165, 1.54) is 0 Å². The predicted octanol–water partition coefficient (Wildman–Crippen LogP) is 1.90. The number of hydrogen-bond donors (Lipinski definition) is 1. The van der Waals surface area contributed by atoms with Crippen molar-refractivity contribution in [3.8, 4) is 0 Å². The molecule has 0 radical (unpaired) electrons. The van der Waals surface area contributed by atoms with E-state index in [4.69, 9.17) is 24.8 Å². The quantitative estimate of drug-likeness (QED) is 0.447. The Hall–Kier alpha value is -0.550. The molecule has 94 valence electrons. The zero-order valence-corrected chi connectivity index (χ0v) is 12.1. The first kappa shape index (κ1) is 12.9. The number of carbonyl (C=O) groups is 1. The summed E-state index contributed by atoms with van der Waals surface area (Å²) in [6.07, 6.45) is 2.84. The van der Waals surface area contributed by atoms with Gasteiger partial charge in [-0.1, -0.05) is 6.08 Å². The van der Waals surface area contributed by atoms with Crippen LogP contribution in [-0.4, -0.2) is 39.3 Å². The van der Waals surface area contributed by atoms with Crippen molar-refractivity contribution < 1.29 is 4.79 Å². The van der Waals surface area contributed by atoms with Crippen molar-refractivity contribution in [2.45, 2.75) is 25.1 Å². The molecule has 1 amide bonds. The van der Waals surface area contributed by atoms with Crippen molar-refractivity contribution in [1.29, 1.82) is 0 Å². The van der Waals surface area contributed by atoms with Crippen molar-refractivity contribution >= 4 is 35.9 Å². The van der Waals surface area contributed by atoms with Gasteiger partial charge in [-0.25, -0.2) is 0 Å². The molecule has 0 bridgehead atoms. The van der Waals surface area contributed by atoms with E-state index in [2.05, 4.69) is 11.5 Å².